The number of guanidine groups is 1. The molecule has 132 valence electrons. The molecule has 5 nitrogen and oxygen atoms in total. The Morgan fingerprint density at radius 2 is 1.96 bits per heavy atom. The Morgan fingerprint density at radius 3 is 2.67 bits per heavy atom. The number of carbonyl (C=O) groups is 1. The fourth-order valence-corrected chi connectivity index (χ4v) is 3.40. The summed E-state index contributed by atoms with van der Waals surface area (Å²) in [4.78, 5) is 21.0. The first-order chi connectivity index (χ1) is 11.2. The van der Waals surface area contributed by atoms with E-state index in [0.717, 1.165) is 43.6 Å². The number of aliphatic imine (C=N–C) groups is 1. The number of halogens is 1. The monoisotopic (exact) mass is 442 g/mol. The minimum atomic E-state index is 0. The van der Waals surface area contributed by atoms with Crippen molar-refractivity contribution in [3.05, 3.63) is 29.8 Å². The maximum Gasteiger partial charge on any atom is 0.246 e. The van der Waals surface area contributed by atoms with Crippen molar-refractivity contribution in [2.24, 2.45) is 10.9 Å². The van der Waals surface area contributed by atoms with Crippen molar-refractivity contribution in [3.63, 3.8) is 0 Å². The molecule has 1 N–H and O–H groups in total. The zero-order valence-electron chi connectivity index (χ0n) is 14.5. The van der Waals surface area contributed by atoms with E-state index in [0.29, 0.717) is 6.54 Å². The first kappa shape index (κ1) is 19.0. The average Bonchev–Trinajstić information content (AvgIpc) is 3.01. The Balaban J connectivity index is 0.00000208. The number of para-hydroxylation sites is 1. The SMILES string of the molecule is CN=C(NCC(=O)N1CCc2ccccc21)N1CCC(C)CC1.I. The summed E-state index contributed by atoms with van der Waals surface area (Å²) in [6.45, 7) is 5.40. The molecule has 0 atom stereocenters. The molecule has 0 spiro atoms. The molecular formula is C18H27IN4O. The molecule has 1 fully saturated rings. The second-order valence-electron chi connectivity index (χ2n) is 6.49. The van der Waals surface area contributed by atoms with Gasteiger partial charge in [0.25, 0.3) is 0 Å². The molecule has 24 heavy (non-hydrogen) atoms. The fourth-order valence-electron chi connectivity index (χ4n) is 3.40. The van der Waals surface area contributed by atoms with Gasteiger partial charge in [-0.1, -0.05) is 25.1 Å². The molecular weight excluding hydrogens is 415 g/mol. The van der Waals surface area contributed by atoms with Crippen LogP contribution in [0.4, 0.5) is 5.69 Å². The molecule has 0 aromatic heterocycles. The van der Waals surface area contributed by atoms with Crippen molar-refractivity contribution in [1.29, 1.82) is 0 Å². The van der Waals surface area contributed by atoms with E-state index in [1.54, 1.807) is 7.05 Å². The lowest BCUT2D eigenvalue weighted by molar-refractivity contribution is -0.117. The van der Waals surface area contributed by atoms with Crippen LogP contribution >= 0.6 is 24.0 Å². The fraction of sp³-hybridized carbons (Fsp3) is 0.556. The lowest BCUT2D eigenvalue weighted by atomic mass is 10.00. The number of anilines is 1. The van der Waals surface area contributed by atoms with Gasteiger partial charge in [0.15, 0.2) is 5.96 Å². The third kappa shape index (κ3) is 4.20. The molecule has 2 heterocycles. The van der Waals surface area contributed by atoms with Crippen LogP contribution in [-0.4, -0.2) is 50.0 Å². The van der Waals surface area contributed by atoms with Crippen molar-refractivity contribution in [1.82, 2.24) is 10.2 Å². The second-order valence-corrected chi connectivity index (χ2v) is 6.49. The van der Waals surface area contributed by atoms with Crippen LogP contribution in [0.1, 0.15) is 25.3 Å². The van der Waals surface area contributed by atoms with Gasteiger partial charge in [-0.3, -0.25) is 9.79 Å². The van der Waals surface area contributed by atoms with E-state index in [2.05, 4.69) is 28.2 Å². The zero-order valence-corrected chi connectivity index (χ0v) is 16.8. The zero-order chi connectivity index (χ0) is 16.2. The van der Waals surface area contributed by atoms with E-state index in [1.807, 2.05) is 23.1 Å². The first-order valence-corrected chi connectivity index (χ1v) is 8.53. The highest BCUT2D eigenvalue weighted by molar-refractivity contribution is 14.0. The molecule has 6 heteroatoms. The van der Waals surface area contributed by atoms with Gasteiger partial charge in [0.2, 0.25) is 5.91 Å². The normalized spacial score (nSPS) is 18.2. The summed E-state index contributed by atoms with van der Waals surface area (Å²) in [5.41, 5.74) is 2.32. The number of likely N-dealkylation sites (tertiary alicyclic amines) is 1. The molecule has 1 saturated heterocycles. The molecule has 0 unspecified atom stereocenters. The molecule has 1 aromatic carbocycles. The quantitative estimate of drug-likeness (QED) is 0.435. The van der Waals surface area contributed by atoms with Crippen LogP contribution < -0.4 is 10.2 Å². The van der Waals surface area contributed by atoms with Crippen LogP contribution in [-0.2, 0) is 11.2 Å². The Bertz CT molecular complexity index is 596. The molecule has 2 aliphatic rings. The maximum absolute atomic E-state index is 12.6. The molecule has 1 aromatic rings. The topological polar surface area (TPSA) is 47.9 Å². The highest BCUT2D eigenvalue weighted by Crippen LogP contribution is 2.27. The smallest absolute Gasteiger partial charge is 0.246 e. The molecule has 0 radical (unpaired) electrons. The van der Waals surface area contributed by atoms with Gasteiger partial charge in [0, 0.05) is 32.4 Å². The average molecular weight is 442 g/mol. The third-order valence-corrected chi connectivity index (χ3v) is 4.88. The highest BCUT2D eigenvalue weighted by atomic mass is 127. The number of hydrogen-bond acceptors (Lipinski definition) is 2. The number of nitrogens with zero attached hydrogens (tertiary/aromatic N) is 3. The predicted octanol–water partition coefficient (Wildman–Crippen LogP) is 2.50. The van der Waals surface area contributed by atoms with Gasteiger partial charge in [-0.15, -0.1) is 24.0 Å². The van der Waals surface area contributed by atoms with Gasteiger partial charge in [-0.25, -0.2) is 0 Å². The van der Waals surface area contributed by atoms with Gasteiger partial charge < -0.3 is 15.1 Å². The van der Waals surface area contributed by atoms with E-state index in [-0.39, 0.29) is 29.9 Å². The van der Waals surface area contributed by atoms with E-state index in [9.17, 15) is 4.79 Å². The molecule has 1 amide bonds. The highest BCUT2D eigenvalue weighted by Gasteiger charge is 2.25. The molecule has 3 rings (SSSR count). The van der Waals surface area contributed by atoms with Crippen molar-refractivity contribution in [2.45, 2.75) is 26.2 Å². The van der Waals surface area contributed by atoms with Crippen LogP contribution in [0, 0.1) is 5.92 Å². The number of fused-ring (bicyclic) bond motifs is 1. The van der Waals surface area contributed by atoms with Crippen LogP contribution in [0.5, 0.6) is 0 Å². The van der Waals surface area contributed by atoms with Gasteiger partial charge in [0.1, 0.15) is 0 Å². The number of rotatable bonds is 2. The summed E-state index contributed by atoms with van der Waals surface area (Å²) in [7, 11) is 1.79. The number of nitrogens with one attached hydrogen (secondary N) is 1. The van der Waals surface area contributed by atoms with Crippen LogP contribution in [0.3, 0.4) is 0 Å². The van der Waals surface area contributed by atoms with E-state index < -0.39 is 0 Å². The maximum atomic E-state index is 12.6. The largest absolute Gasteiger partial charge is 0.347 e. The van der Waals surface area contributed by atoms with Gasteiger partial charge in [-0.2, -0.15) is 0 Å². The Kier molecular flexibility index (Phi) is 6.89. The van der Waals surface area contributed by atoms with Crippen molar-refractivity contribution in [3.8, 4) is 0 Å². The summed E-state index contributed by atoms with van der Waals surface area (Å²) in [5.74, 6) is 1.74. The Labute approximate surface area is 161 Å². The number of carbonyl (C=O) groups excluding carboxylic acids is 1. The third-order valence-electron chi connectivity index (χ3n) is 4.88. The van der Waals surface area contributed by atoms with Crippen LogP contribution in [0.25, 0.3) is 0 Å². The van der Waals surface area contributed by atoms with Crippen LogP contribution in [0.2, 0.25) is 0 Å². The lowest BCUT2D eigenvalue weighted by Gasteiger charge is -2.33. The predicted molar refractivity (Wildman–Crippen MR) is 109 cm³/mol. The minimum Gasteiger partial charge on any atom is -0.347 e. The first-order valence-electron chi connectivity index (χ1n) is 8.53. The van der Waals surface area contributed by atoms with E-state index in [4.69, 9.17) is 0 Å². The summed E-state index contributed by atoms with van der Waals surface area (Å²) < 4.78 is 0. The molecule has 0 bridgehead atoms. The van der Waals surface area contributed by atoms with Crippen LogP contribution in [0.15, 0.2) is 29.3 Å². The minimum absolute atomic E-state index is 0. The van der Waals surface area contributed by atoms with Crippen molar-refractivity contribution >= 4 is 41.5 Å². The standard InChI is InChI=1S/C18H26N4O.HI/c1-14-7-10-21(11-8-14)18(19-2)20-13-17(23)22-12-9-15-5-3-4-6-16(15)22;/h3-6,14H,7-13H2,1-2H3,(H,19,20);1H. The molecule has 0 saturated carbocycles. The van der Waals surface area contributed by atoms with Gasteiger partial charge >= 0.3 is 0 Å². The van der Waals surface area contributed by atoms with E-state index >= 15 is 0 Å². The van der Waals surface area contributed by atoms with Crippen molar-refractivity contribution < 1.29 is 4.79 Å². The van der Waals surface area contributed by atoms with Gasteiger partial charge in [-0.05, 0) is 36.8 Å². The Morgan fingerprint density at radius 1 is 1.25 bits per heavy atom. The number of hydrogen-bond donors (Lipinski definition) is 1. The number of benzene rings is 1. The summed E-state index contributed by atoms with van der Waals surface area (Å²) in [5, 5.41) is 3.25. The summed E-state index contributed by atoms with van der Waals surface area (Å²) >= 11 is 0. The van der Waals surface area contributed by atoms with Crippen molar-refractivity contribution in [2.75, 3.05) is 38.1 Å². The van der Waals surface area contributed by atoms with Gasteiger partial charge in [0.05, 0.1) is 6.54 Å². The Hall–Kier alpha value is -1.31. The lowest BCUT2D eigenvalue weighted by Crippen LogP contribution is -2.48. The molecule has 0 aliphatic carbocycles. The van der Waals surface area contributed by atoms with E-state index in [1.165, 1.54) is 18.4 Å². The summed E-state index contributed by atoms with van der Waals surface area (Å²) in [6.07, 6.45) is 3.32. The number of piperidine rings is 1. The summed E-state index contributed by atoms with van der Waals surface area (Å²) in [6, 6.07) is 8.15. The number of amides is 1. The molecule has 2 aliphatic heterocycles. The second kappa shape index (κ2) is 8.69.